The van der Waals surface area contributed by atoms with E-state index >= 15 is 0 Å². The normalized spacial score (nSPS) is 10.4. The second-order valence-electron chi connectivity index (χ2n) is 4.40. The molecule has 2 rings (SSSR count). The number of ether oxygens (including phenoxy) is 2. The van der Waals surface area contributed by atoms with Gasteiger partial charge in [-0.2, -0.15) is 0 Å². The monoisotopic (exact) mass is 275 g/mol. The molecule has 0 aliphatic rings. The van der Waals surface area contributed by atoms with Crippen LogP contribution in [0.5, 0.6) is 11.5 Å². The van der Waals surface area contributed by atoms with E-state index in [2.05, 4.69) is 5.32 Å². The molecule has 4 heteroatoms. The summed E-state index contributed by atoms with van der Waals surface area (Å²) in [6.45, 7) is 0.681. The molecule has 0 heterocycles. The van der Waals surface area contributed by atoms with E-state index in [1.54, 1.807) is 13.2 Å². The number of hydrogen-bond donors (Lipinski definition) is 1. The summed E-state index contributed by atoms with van der Waals surface area (Å²) in [7, 11) is 4.96. The summed E-state index contributed by atoms with van der Waals surface area (Å²) in [5.74, 6) is 0.668. The predicted molar refractivity (Wildman–Crippen MR) is 77.7 cm³/mol. The zero-order valence-electron chi connectivity index (χ0n) is 11.9. The molecule has 0 aliphatic carbocycles. The molecule has 1 N–H and O–H groups in total. The maximum atomic E-state index is 13.8. The zero-order valence-corrected chi connectivity index (χ0v) is 11.9. The number of nitrogens with one attached hydrogen (secondary N) is 1. The van der Waals surface area contributed by atoms with Gasteiger partial charge >= 0.3 is 0 Å². The van der Waals surface area contributed by atoms with Crippen molar-refractivity contribution < 1.29 is 13.9 Å². The van der Waals surface area contributed by atoms with Crippen molar-refractivity contribution in [2.75, 3.05) is 21.3 Å². The Labute approximate surface area is 118 Å². The lowest BCUT2D eigenvalue weighted by Gasteiger charge is -2.12. The maximum Gasteiger partial charge on any atom is 0.165 e. The molecule has 0 fully saturated rings. The van der Waals surface area contributed by atoms with Crippen LogP contribution in [-0.2, 0) is 6.54 Å². The van der Waals surface area contributed by atoms with E-state index in [9.17, 15) is 4.39 Å². The number of rotatable bonds is 5. The summed E-state index contributed by atoms with van der Waals surface area (Å²) in [4.78, 5) is 0. The average Bonchev–Trinajstić information content (AvgIpc) is 2.47. The second-order valence-corrected chi connectivity index (χ2v) is 4.40. The van der Waals surface area contributed by atoms with Gasteiger partial charge in [-0.05, 0) is 48.0 Å². The molecule has 0 aromatic heterocycles. The molecule has 3 nitrogen and oxygen atoms in total. The van der Waals surface area contributed by atoms with Crippen LogP contribution in [0.4, 0.5) is 4.39 Å². The van der Waals surface area contributed by atoms with Crippen LogP contribution in [0.25, 0.3) is 11.1 Å². The van der Waals surface area contributed by atoms with E-state index in [1.807, 2.05) is 31.3 Å². The first-order valence-corrected chi connectivity index (χ1v) is 6.35. The minimum atomic E-state index is -0.365. The fourth-order valence-corrected chi connectivity index (χ4v) is 2.15. The highest BCUT2D eigenvalue weighted by Crippen LogP contribution is 2.30. The van der Waals surface area contributed by atoms with Gasteiger partial charge < -0.3 is 14.8 Å². The average molecular weight is 275 g/mol. The molecular formula is C16H18FNO2. The molecule has 0 spiro atoms. The fourth-order valence-electron chi connectivity index (χ4n) is 2.15. The van der Waals surface area contributed by atoms with Crippen molar-refractivity contribution in [3.63, 3.8) is 0 Å². The highest BCUT2D eigenvalue weighted by molar-refractivity contribution is 5.69. The number of hydrogen-bond acceptors (Lipinski definition) is 3. The Bertz CT molecular complexity index is 599. The molecule has 0 atom stereocenters. The lowest BCUT2D eigenvalue weighted by atomic mass is 9.99. The van der Waals surface area contributed by atoms with Crippen LogP contribution in [0.3, 0.4) is 0 Å². The SMILES string of the molecule is CNCc1cc(OC)ccc1-c1ccc(OC)c(F)c1. The third-order valence-electron chi connectivity index (χ3n) is 3.14. The Kier molecular flexibility index (Phi) is 4.58. The molecule has 0 aliphatic heterocycles. The molecule has 0 radical (unpaired) electrons. The van der Waals surface area contributed by atoms with Crippen LogP contribution >= 0.6 is 0 Å². The molecule has 20 heavy (non-hydrogen) atoms. The summed E-state index contributed by atoms with van der Waals surface area (Å²) < 4.78 is 24.0. The summed E-state index contributed by atoms with van der Waals surface area (Å²) >= 11 is 0. The molecule has 0 unspecified atom stereocenters. The largest absolute Gasteiger partial charge is 0.497 e. The first-order valence-electron chi connectivity index (χ1n) is 6.35. The van der Waals surface area contributed by atoms with Crippen molar-refractivity contribution in [3.8, 4) is 22.6 Å². The van der Waals surface area contributed by atoms with Crippen LogP contribution in [0, 0.1) is 5.82 Å². The molecule has 2 aromatic rings. The molecule has 106 valence electrons. The highest BCUT2D eigenvalue weighted by atomic mass is 19.1. The maximum absolute atomic E-state index is 13.8. The van der Waals surface area contributed by atoms with Gasteiger partial charge in [-0.3, -0.25) is 0 Å². The lowest BCUT2D eigenvalue weighted by Crippen LogP contribution is -2.06. The van der Waals surface area contributed by atoms with E-state index in [0.29, 0.717) is 6.54 Å². The summed E-state index contributed by atoms with van der Waals surface area (Å²) in [5, 5.41) is 3.11. The second kappa shape index (κ2) is 6.39. The van der Waals surface area contributed by atoms with Crippen molar-refractivity contribution in [1.82, 2.24) is 5.32 Å². The highest BCUT2D eigenvalue weighted by Gasteiger charge is 2.09. The topological polar surface area (TPSA) is 30.5 Å². The van der Waals surface area contributed by atoms with E-state index in [-0.39, 0.29) is 11.6 Å². The number of methoxy groups -OCH3 is 2. The Hall–Kier alpha value is -2.07. The fraction of sp³-hybridized carbons (Fsp3) is 0.250. The van der Waals surface area contributed by atoms with Crippen LogP contribution in [0.15, 0.2) is 36.4 Å². The third kappa shape index (κ3) is 2.91. The van der Waals surface area contributed by atoms with Crippen LogP contribution in [0.1, 0.15) is 5.56 Å². The molecule has 0 saturated carbocycles. The van der Waals surface area contributed by atoms with Gasteiger partial charge in [-0.1, -0.05) is 12.1 Å². The minimum Gasteiger partial charge on any atom is -0.497 e. The Morgan fingerprint density at radius 1 is 1.05 bits per heavy atom. The Morgan fingerprint density at radius 2 is 1.85 bits per heavy atom. The third-order valence-corrected chi connectivity index (χ3v) is 3.14. The molecule has 2 aromatic carbocycles. The lowest BCUT2D eigenvalue weighted by molar-refractivity contribution is 0.386. The van der Waals surface area contributed by atoms with Crippen LogP contribution in [-0.4, -0.2) is 21.3 Å². The van der Waals surface area contributed by atoms with Crippen LogP contribution < -0.4 is 14.8 Å². The van der Waals surface area contributed by atoms with Gasteiger partial charge in [0.15, 0.2) is 11.6 Å². The van der Waals surface area contributed by atoms with Gasteiger partial charge in [-0.15, -0.1) is 0 Å². The Balaban J connectivity index is 2.48. The van der Waals surface area contributed by atoms with Gasteiger partial charge in [0.25, 0.3) is 0 Å². The first kappa shape index (κ1) is 14.3. The van der Waals surface area contributed by atoms with E-state index < -0.39 is 0 Å². The van der Waals surface area contributed by atoms with E-state index in [4.69, 9.17) is 9.47 Å². The van der Waals surface area contributed by atoms with Gasteiger partial charge in [0.05, 0.1) is 14.2 Å². The smallest absolute Gasteiger partial charge is 0.165 e. The Morgan fingerprint density at radius 3 is 2.45 bits per heavy atom. The number of benzene rings is 2. The first-order chi connectivity index (χ1) is 9.69. The van der Waals surface area contributed by atoms with Gasteiger partial charge in [0, 0.05) is 6.54 Å². The van der Waals surface area contributed by atoms with E-state index in [1.165, 1.54) is 13.2 Å². The number of halogens is 1. The standard InChI is InChI=1S/C16H18FNO2/c1-18-10-12-8-13(19-2)5-6-14(12)11-4-7-16(20-3)15(17)9-11/h4-9,18H,10H2,1-3H3. The molecular weight excluding hydrogens is 257 g/mol. The van der Waals surface area contributed by atoms with Crippen molar-refractivity contribution >= 4 is 0 Å². The molecule has 0 saturated heterocycles. The van der Waals surface area contributed by atoms with Gasteiger partial charge in [0.1, 0.15) is 5.75 Å². The summed E-state index contributed by atoms with van der Waals surface area (Å²) in [6.07, 6.45) is 0. The summed E-state index contributed by atoms with van der Waals surface area (Å²) in [5.41, 5.74) is 2.84. The zero-order chi connectivity index (χ0) is 14.5. The van der Waals surface area contributed by atoms with Crippen LogP contribution in [0.2, 0.25) is 0 Å². The van der Waals surface area contributed by atoms with Crippen molar-refractivity contribution in [3.05, 3.63) is 47.8 Å². The minimum absolute atomic E-state index is 0.248. The van der Waals surface area contributed by atoms with E-state index in [0.717, 1.165) is 22.4 Å². The molecule has 0 amide bonds. The summed E-state index contributed by atoms with van der Waals surface area (Å²) in [6, 6.07) is 10.7. The van der Waals surface area contributed by atoms with Gasteiger partial charge in [-0.25, -0.2) is 4.39 Å². The predicted octanol–water partition coefficient (Wildman–Crippen LogP) is 3.23. The van der Waals surface area contributed by atoms with Crippen molar-refractivity contribution in [2.45, 2.75) is 6.54 Å². The van der Waals surface area contributed by atoms with Crippen molar-refractivity contribution in [1.29, 1.82) is 0 Å². The van der Waals surface area contributed by atoms with Gasteiger partial charge in [0.2, 0.25) is 0 Å². The molecule has 0 bridgehead atoms. The quantitative estimate of drug-likeness (QED) is 0.908. The van der Waals surface area contributed by atoms with Crippen molar-refractivity contribution in [2.24, 2.45) is 0 Å².